The number of ether oxygens (including phenoxy) is 2. The Bertz CT molecular complexity index is 2190. The highest BCUT2D eigenvalue weighted by Gasteiger charge is 2.28. The van der Waals surface area contributed by atoms with Crippen molar-refractivity contribution in [3.63, 3.8) is 0 Å². The highest BCUT2D eigenvalue weighted by Crippen LogP contribution is 2.30. The van der Waals surface area contributed by atoms with E-state index in [1.807, 2.05) is 35.9 Å². The largest absolute Gasteiger partial charge is 0.484 e. The molecule has 50 heavy (non-hydrogen) atoms. The highest BCUT2D eigenvalue weighted by atomic mass is 32.2. The van der Waals surface area contributed by atoms with E-state index in [1.54, 1.807) is 41.3 Å². The minimum Gasteiger partial charge on any atom is -0.484 e. The number of nitriles is 1. The Morgan fingerprint density at radius 2 is 1.66 bits per heavy atom. The topological polar surface area (TPSA) is 144 Å². The predicted molar refractivity (Wildman–Crippen MR) is 178 cm³/mol. The minimum atomic E-state index is -4.39. The molecule has 0 aliphatic carbocycles. The van der Waals surface area contributed by atoms with Crippen LogP contribution < -0.4 is 14.6 Å². The van der Waals surface area contributed by atoms with E-state index in [0.717, 1.165) is 16.5 Å². The van der Waals surface area contributed by atoms with Crippen molar-refractivity contribution in [3.8, 4) is 34.6 Å². The fraction of sp³-hybridized carbons (Fsp3) is 0.229. The first-order chi connectivity index (χ1) is 23.8. The molecule has 3 heterocycles. The number of nitrogens with two attached hydrogens (primary N) is 1. The van der Waals surface area contributed by atoms with Crippen LogP contribution in [0.25, 0.3) is 22.0 Å². The first-order valence-electron chi connectivity index (χ1n) is 15.4. The van der Waals surface area contributed by atoms with Crippen LogP contribution in [0.2, 0.25) is 0 Å². The van der Waals surface area contributed by atoms with E-state index in [4.69, 9.17) is 14.6 Å². The summed E-state index contributed by atoms with van der Waals surface area (Å²) in [5.41, 5.74) is 3.42. The Hall–Kier alpha value is -5.43. The Kier molecular flexibility index (Phi) is 9.52. The molecule has 11 nitrogen and oxygen atoms in total. The van der Waals surface area contributed by atoms with Crippen molar-refractivity contribution >= 4 is 26.8 Å². The Labute approximate surface area is 285 Å². The van der Waals surface area contributed by atoms with Gasteiger partial charge in [0.1, 0.15) is 17.2 Å². The quantitative estimate of drug-likeness (QED) is 0.213. The summed E-state index contributed by atoms with van der Waals surface area (Å²) >= 11 is 0. The van der Waals surface area contributed by atoms with Crippen molar-refractivity contribution in [3.05, 3.63) is 102 Å². The fourth-order valence-electron chi connectivity index (χ4n) is 5.69. The van der Waals surface area contributed by atoms with Gasteiger partial charge in [0.25, 0.3) is 5.91 Å². The molecule has 0 spiro atoms. The number of aromatic nitrogens is 2. The fourth-order valence-corrected chi connectivity index (χ4v) is 6.27. The number of hydrogen-bond donors (Lipinski definition) is 1. The monoisotopic (exact) mass is 704 g/mol. The van der Waals surface area contributed by atoms with Crippen molar-refractivity contribution < 1.29 is 35.9 Å². The van der Waals surface area contributed by atoms with E-state index < -0.39 is 22.8 Å². The average molecular weight is 705 g/mol. The Morgan fingerprint density at radius 3 is 2.30 bits per heavy atom. The zero-order valence-corrected chi connectivity index (χ0v) is 27.5. The van der Waals surface area contributed by atoms with Crippen LogP contribution in [-0.2, 0) is 23.6 Å². The summed E-state index contributed by atoms with van der Waals surface area (Å²) in [6, 6.07) is 23.2. The maximum Gasteiger partial charge on any atom is 0.422 e. The van der Waals surface area contributed by atoms with E-state index in [9.17, 15) is 31.6 Å². The third-order valence-corrected chi connectivity index (χ3v) is 9.18. The summed E-state index contributed by atoms with van der Waals surface area (Å²) in [6.45, 7) is 1.59. The van der Waals surface area contributed by atoms with Crippen molar-refractivity contribution in [2.75, 3.05) is 32.8 Å². The van der Waals surface area contributed by atoms with Crippen molar-refractivity contribution in [2.45, 2.75) is 17.6 Å². The molecule has 0 atom stereocenters. The molecule has 2 N–H and O–H groups in total. The number of alkyl halides is 3. The van der Waals surface area contributed by atoms with Gasteiger partial charge in [-0.3, -0.25) is 9.69 Å². The molecule has 6 rings (SSSR count). The number of piperazine rings is 1. The minimum absolute atomic E-state index is 0.0969. The molecule has 0 unspecified atom stereocenters. The molecule has 5 aromatic rings. The van der Waals surface area contributed by atoms with Crippen LogP contribution in [-0.4, -0.2) is 72.6 Å². The van der Waals surface area contributed by atoms with Crippen LogP contribution in [0, 0.1) is 11.3 Å². The van der Waals surface area contributed by atoms with Gasteiger partial charge in [-0.2, -0.15) is 18.4 Å². The summed E-state index contributed by atoms with van der Waals surface area (Å²) in [7, 11) is -2.20. The van der Waals surface area contributed by atoms with Crippen LogP contribution in [0.4, 0.5) is 13.2 Å². The number of rotatable bonds is 9. The Balaban J connectivity index is 1.08. The molecule has 1 aliphatic rings. The zero-order valence-electron chi connectivity index (χ0n) is 26.7. The first kappa shape index (κ1) is 34.4. The van der Waals surface area contributed by atoms with Gasteiger partial charge < -0.3 is 18.9 Å². The second-order valence-electron chi connectivity index (χ2n) is 11.8. The smallest absolute Gasteiger partial charge is 0.422 e. The van der Waals surface area contributed by atoms with E-state index in [1.165, 1.54) is 30.5 Å². The van der Waals surface area contributed by atoms with Gasteiger partial charge in [0.2, 0.25) is 15.9 Å². The lowest BCUT2D eigenvalue weighted by molar-refractivity contribution is -0.153. The molecule has 3 aromatic carbocycles. The number of nitrogens with zero attached hydrogens (tertiary/aromatic N) is 5. The summed E-state index contributed by atoms with van der Waals surface area (Å²) in [6.07, 6.45) is -2.89. The van der Waals surface area contributed by atoms with Crippen LogP contribution >= 0.6 is 0 Å². The second-order valence-corrected chi connectivity index (χ2v) is 13.4. The van der Waals surface area contributed by atoms with E-state index in [2.05, 4.69) is 9.88 Å². The number of fused-ring (bicyclic) bond motifs is 1. The summed E-state index contributed by atoms with van der Waals surface area (Å²) < 4.78 is 73.5. The number of pyridine rings is 1. The van der Waals surface area contributed by atoms with Gasteiger partial charge in [-0.15, -0.1) is 0 Å². The highest BCUT2D eigenvalue weighted by molar-refractivity contribution is 7.89. The van der Waals surface area contributed by atoms with E-state index in [0.29, 0.717) is 55.3 Å². The molecule has 15 heteroatoms. The summed E-state index contributed by atoms with van der Waals surface area (Å²) in [5, 5.41) is 15.4. The number of benzene rings is 3. The molecule has 1 fully saturated rings. The number of carbonyl (C=O) groups is 1. The molecule has 1 aliphatic heterocycles. The zero-order chi connectivity index (χ0) is 35.6. The van der Waals surface area contributed by atoms with Crippen LogP contribution in [0.1, 0.15) is 21.6 Å². The maximum atomic E-state index is 13.6. The third-order valence-electron chi connectivity index (χ3n) is 8.28. The van der Waals surface area contributed by atoms with Gasteiger partial charge in [-0.1, -0.05) is 12.1 Å². The van der Waals surface area contributed by atoms with Gasteiger partial charge in [0.05, 0.1) is 22.0 Å². The lowest BCUT2D eigenvalue weighted by Crippen LogP contribution is -2.48. The normalized spacial score (nSPS) is 14.0. The van der Waals surface area contributed by atoms with Gasteiger partial charge in [-0.05, 0) is 65.7 Å². The van der Waals surface area contributed by atoms with Gasteiger partial charge in [0, 0.05) is 69.1 Å². The number of amides is 1. The number of aryl methyl sites for hydroxylation is 1. The Morgan fingerprint density at radius 1 is 0.940 bits per heavy atom. The standard InChI is InChI=1S/C35H31F3N6O5S/c1-42-31-18-29(49-33-9-5-26(20-41-33)27-14-24(19-39)15-30(16-27)50(40,46)47)8-4-25(31)17-32(42)34(45)44-12-10-43(11-13-44)21-23-2-6-28(7-3-23)48-22-35(36,37)38/h2-9,14-18,20H,10-13,21-22H2,1H3,(H2,40,46,47). The lowest BCUT2D eigenvalue weighted by Gasteiger charge is -2.34. The van der Waals surface area contributed by atoms with Gasteiger partial charge in [0.15, 0.2) is 6.61 Å². The molecular weight excluding hydrogens is 673 g/mol. The third kappa shape index (κ3) is 8.05. The molecule has 258 valence electrons. The van der Waals surface area contributed by atoms with Crippen molar-refractivity contribution in [1.82, 2.24) is 19.4 Å². The van der Waals surface area contributed by atoms with E-state index in [-0.39, 0.29) is 28.0 Å². The van der Waals surface area contributed by atoms with Gasteiger partial charge in [-0.25, -0.2) is 18.5 Å². The number of hydrogen-bond acceptors (Lipinski definition) is 8. The maximum absolute atomic E-state index is 13.6. The number of sulfonamides is 1. The summed E-state index contributed by atoms with van der Waals surface area (Å²) in [5.74, 6) is 0.839. The number of primary sulfonamides is 1. The molecule has 2 aromatic heterocycles. The molecule has 0 saturated carbocycles. The van der Waals surface area contributed by atoms with Crippen LogP contribution in [0.3, 0.4) is 0 Å². The molecule has 1 amide bonds. The van der Waals surface area contributed by atoms with Crippen LogP contribution in [0.15, 0.2) is 90.0 Å². The molecule has 0 radical (unpaired) electrons. The summed E-state index contributed by atoms with van der Waals surface area (Å²) in [4.78, 5) is 21.7. The SMILES string of the molecule is Cn1c(C(=O)N2CCN(Cc3ccc(OCC(F)(F)F)cc3)CC2)cc2ccc(Oc3ccc(-c4cc(C#N)cc(S(N)(=O)=O)c4)cn3)cc21. The number of halogens is 3. The van der Waals surface area contributed by atoms with Crippen LogP contribution in [0.5, 0.6) is 17.4 Å². The van der Waals surface area contributed by atoms with Gasteiger partial charge >= 0.3 is 6.18 Å². The predicted octanol–water partition coefficient (Wildman–Crippen LogP) is 5.45. The van der Waals surface area contributed by atoms with E-state index >= 15 is 0 Å². The van der Waals surface area contributed by atoms with Crippen molar-refractivity contribution in [1.29, 1.82) is 5.26 Å². The first-order valence-corrected chi connectivity index (χ1v) is 16.9. The molecule has 1 saturated heterocycles. The molecule has 0 bridgehead atoms. The molecular formula is C35H31F3N6O5S. The second kappa shape index (κ2) is 13.8. The van der Waals surface area contributed by atoms with Crippen molar-refractivity contribution in [2.24, 2.45) is 12.2 Å². The lowest BCUT2D eigenvalue weighted by atomic mass is 10.1. The number of carbonyl (C=O) groups excluding carboxylic acids is 1. The average Bonchev–Trinajstić information content (AvgIpc) is 3.42.